The van der Waals surface area contributed by atoms with Crippen molar-refractivity contribution in [2.75, 3.05) is 10.6 Å². The Labute approximate surface area is 158 Å². The van der Waals surface area contributed by atoms with Gasteiger partial charge in [-0.15, -0.1) is 0 Å². The highest BCUT2D eigenvalue weighted by Gasteiger charge is 2.23. The zero-order chi connectivity index (χ0) is 18.6. The molecule has 0 radical (unpaired) electrons. The van der Waals surface area contributed by atoms with Crippen molar-refractivity contribution >= 4 is 28.9 Å². The maximum absolute atomic E-state index is 12.3. The Morgan fingerprint density at radius 1 is 1.00 bits per heavy atom. The minimum atomic E-state index is -0.104. The molecule has 2 heterocycles. The standard InChI is InChI=1S/C23H19N3O/c1-2-16-5-8-20-21(23(27)26-22(20)14-16)15-25-19-6-3-17(4-7-19)13-18-9-11-24-12-10-18/h2-12,14-15,25H,1,13H2,(H,26,27). The smallest absolute Gasteiger partial charge is 0.257 e. The molecular formula is C23H19N3O. The van der Waals surface area contributed by atoms with Crippen LogP contribution in [-0.4, -0.2) is 10.9 Å². The van der Waals surface area contributed by atoms with Gasteiger partial charge in [-0.2, -0.15) is 0 Å². The quantitative estimate of drug-likeness (QED) is 0.653. The molecule has 4 heteroatoms. The Hall–Kier alpha value is -3.66. The molecule has 1 amide bonds. The first-order chi connectivity index (χ1) is 13.2. The van der Waals surface area contributed by atoms with Crippen molar-refractivity contribution in [1.82, 2.24) is 4.98 Å². The van der Waals surface area contributed by atoms with Crippen molar-refractivity contribution in [2.45, 2.75) is 6.42 Å². The van der Waals surface area contributed by atoms with E-state index in [0.717, 1.165) is 28.9 Å². The van der Waals surface area contributed by atoms with Gasteiger partial charge in [-0.3, -0.25) is 9.78 Å². The highest BCUT2D eigenvalue weighted by atomic mass is 16.2. The van der Waals surface area contributed by atoms with Crippen molar-refractivity contribution < 1.29 is 4.79 Å². The van der Waals surface area contributed by atoms with Gasteiger partial charge in [-0.25, -0.2) is 0 Å². The molecule has 27 heavy (non-hydrogen) atoms. The van der Waals surface area contributed by atoms with Crippen LogP contribution in [0.5, 0.6) is 0 Å². The first-order valence-corrected chi connectivity index (χ1v) is 8.76. The van der Waals surface area contributed by atoms with Gasteiger partial charge in [0.15, 0.2) is 0 Å². The molecule has 1 aromatic heterocycles. The van der Waals surface area contributed by atoms with Gasteiger partial charge in [0.1, 0.15) is 0 Å². The molecular weight excluding hydrogens is 334 g/mol. The molecule has 132 valence electrons. The summed E-state index contributed by atoms with van der Waals surface area (Å²) in [7, 11) is 0. The fourth-order valence-electron chi connectivity index (χ4n) is 3.09. The third-order valence-electron chi connectivity index (χ3n) is 4.56. The predicted molar refractivity (Wildman–Crippen MR) is 110 cm³/mol. The van der Waals surface area contributed by atoms with Gasteiger partial charge in [0.25, 0.3) is 5.91 Å². The third kappa shape index (κ3) is 3.65. The van der Waals surface area contributed by atoms with E-state index in [1.165, 1.54) is 11.1 Å². The van der Waals surface area contributed by atoms with E-state index in [0.29, 0.717) is 5.57 Å². The molecule has 0 unspecified atom stereocenters. The molecule has 0 bridgehead atoms. The first kappa shape index (κ1) is 16.8. The number of pyridine rings is 1. The van der Waals surface area contributed by atoms with Gasteiger partial charge in [-0.1, -0.05) is 36.9 Å². The highest BCUT2D eigenvalue weighted by Crippen LogP contribution is 2.32. The van der Waals surface area contributed by atoms with Crippen LogP contribution in [0, 0.1) is 0 Å². The number of hydrogen-bond donors (Lipinski definition) is 2. The fourth-order valence-corrected chi connectivity index (χ4v) is 3.09. The monoisotopic (exact) mass is 353 g/mol. The van der Waals surface area contributed by atoms with Gasteiger partial charge >= 0.3 is 0 Å². The zero-order valence-corrected chi connectivity index (χ0v) is 14.8. The number of aromatic nitrogens is 1. The summed E-state index contributed by atoms with van der Waals surface area (Å²) < 4.78 is 0. The normalized spacial score (nSPS) is 13.9. The van der Waals surface area contributed by atoms with Crippen LogP contribution in [0.3, 0.4) is 0 Å². The van der Waals surface area contributed by atoms with Crippen LogP contribution in [0.4, 0.5) is 11.4 Å². The number of hydrogen-bond acceptors (Lipinski definition) is 3. The Kier molecular flexibility index (Phi) is 4.54. The Bertz CT molecular complexity index is 1020. The zero-order valence-electron chi connectivity index (χ0n) is 14.8. The Morgan fingerprint density at radius 2 is 1.74 bits per heavy atom. The van der Waals surface area contributed by atoms with Crippen molar-refractivity contribution in [3.8, 4) is 0 Å². The number of anilines is 2. The molecule has 0 atom stereocenters. The van der Waals surface area contributed by atoms with E-state index < -0.39 is 0 Å². The molecule has 4 nitrogen and oxygen atoms in total. The predicted octanol–water partition coefficient (Wildman–Crippen LogP) is 4.72. The minimum absolute atomic E-state index is 0.104. The maximum atomic E-state index is 12.3. The van der Waals surface area contributed by atoms with E-state index in [1.54, 1.807) is 24.7 Å². The number of rotatable bonds is 5. The minimum Gasteiger partial charge on any atom is -0.361 e. The van der Waals surface area contributed by atoms with Crippen LogP contribution in [-0.2, 0) is 11.2 Å². The van der Waals surface area contributed by atoms with Gasteiger partial charge in [0.05, 0.1) is 5.57 Å². The van der Waals surface area contributed by atoms with Crippen LogP contribution in [0.2, 0.25) is 0 Å². The van der Waals surface area contributed by atoms with Gasteiger partial charge < -0.3 is 10.6 Å². The van der Waals surface area contributed by atoms with E-state index in [9.17, 15) is 4.79 Å². The molecule has 0 aliphatic carbocycles. The largest absolute Gasteiger partial charge is 0.361 e. The van der Waals surface area contributed by atoms with E-state index >= 15 is 0 Å². The van der Waals surface area contributed by atoms with E-state index in [1.807, 2.05) is 42.5 Å². The summed E-state index contributed by atoms with van der Waals surface area (Å²) in [5.74, 6) is -0.104. The molecule has 1 aliphatic heterocycles. The van der Waals surface area contributed by atoms with Gasteiger partial charge in [0.2, 0.25) is 0 Å². The lowest BCUT2D eigenvalue weighted by Crippen LogP contribution is -2.05. The molecule has 2 aromatic carbocycles. The number of carbonyl (C=O) groups is 1. The van der Waals surface area contributed by atoms with E-state index in [4.69, 9.17) is 0 Å². The summed E-state index contributed by atoms with van der Waals surface area (Å²) in [6.07, 6.45) is 8.00. The van der Waals surface area contributed by atoms with Crippen molar-refractivity contribution in [1.29, 1.82) is 0 Å². The summed E-state index contributed by atoms with van der Waals surface area (Å²) in [5.41, 5.74) is 6.70. The molecule has 2 N–H and O–H groups in total. The molecule has 0 saturated carbocycles. The molecule has 0 fully saturated rings. The molecule has 0 saturated heterocycles. The Balaban J connectivity index is 1.49. The SMILES string of the molecule is C=Cc1ccc2c(c1)NC(=O)C2=CNc1ccc(Cc2ccncc2)cc1. The molecule has 4 rings (SSSR count). The molecule has 0 spiro atoms. The summed E-state index contributed by atoms with van der Waals surface area (Å²) in [6, 6.07) is 18.1. The summed E-state index contributed by atoms with van der Waals surface area (Å²) in [4.78, 5) is 16.3. The summed E-state index contributed by atoms with van der Waals surface area (Å²) in [6.45, 7) is 3.76. The lowest BCUT2D eigenvalue weighted by molar-refractivity contribution is -0.110. The molecule has 1 aliphatic rings. The second-order valence-electron chi connectivity index (χ2n) is 6.39. The second kappa shape index (κ2) is 7.30. The van der Waals surface area contributed by atoms with Crippen LogP contribution < -0.4 is 10.6 Å². The van der Waals surface area contributed by atoms with Crippen LogP contribution >= 0.6 is 0 Å². The average molecular weight is 353 g/mol. The lowest BCUT2D eigenvalue weighted by Gasteiger charge is -2.05. The van der Waals surface area contributed by atoms with Crippen molar-refractivity contribution in [3.05, 3.63) is 102 Å². The van der Waals surface area contributed by atoms with Gasteiger partial charge in [-0.05, 0) is 53.4 Å². The molecule has 3 aromatic rings. The fraction of sp³-hybridized carbons (Fsp3) is 0.0435. The van der Waals surface area contributed by atoms with Crippen molar-refractivity contribution in [3.63, 3.8) is 0 Å². The van der Waals surface area contributed by atoms with Gasteiger partial charge in [0, 0.05) is 35.5 Å². The van der Waals surface area contributed by atoms with E-state index in [2.05, 4.69) is 34.3 Å². The first-order valence-electron chi connectivity index (χ1n) is 8.76. The van der Waals surface area contributed by atoms with Crippen molar-refractivity contribution in [2.24, 2.45) is 0 Å². The lowest BCUT2D eigenvalue weighted by atomic mass is 10.1. The second-order valence-corrected chi connectivity index (χ2v) is 6.39. The number of nitrogens with zero attached hydrogens (tertiary/aromatic N) is 1. The average Bonchev–Trinajstić information content (AvgIpc) is 3.02. The summed E-state index contributed by atoms with van der Waals surface area (Å²) in [5, 5.41) is 6.12. The highest BCUT2D eigenvalue weighted by molar-refractivity contribution is 6.31. The maximum Gasteiger partial charge on any atom is 0.257 e. The van der Waals surface area contributed by atoms with E-state index in [-0.39, 0.29) is 5.91 Å². The summed E-state index contributed by atoms with van der Waals surface area (Å²) >= 11 is 0. The number of carbonyl (C=O) groups excluding carboxylic acids is 1. The number of nitrogens with one attached hydrogen (secondary N) is 2. The number of fused-ring (bicyclic) bond motifs is 1. The third-order valence-corrected chi connectivity index (χ3v) is 4.56. The van der Waals surface area contributed by atoms with Crippen LogP contribution in [0.1, 0.15) is 22.3 Å². The topological polar surface area (TPSA) is 54.0 Å². The Morgan fingerprint density at radius 3 is 2.48 bits per heavy atom. The van der Waals surface area contributed by atoms with Crippen LogP contribution in [0.15, 0.2) is 79.8 Å². The number of amides is 1. The van der Waals surface area contributed by atoms with Crippen LogP contribution in [0.25, 0.3) is 11.6 Å². The number of benzene rings is 2.